The number of nitrogens with zero attached hydrogens (tertiary/aromatic N) is 1. The van der Waals surface area contributed by atoms with E-state index in [2.05, 4.69) is 10.3 Å². The van der Waals surface area contributed by atoms with Crippen molar-refractivity contribution in [2.45, 2.75) is 23.2 Å². The van der Waals surface area contributed by atoms with Gasteiger partial charge in [-0.05, 0) is 37.3 Å². The van der Waals surface area contributed by atoms with Crippen LogP contribution in [0, 0.1) is 6.92 Å². The number of aryl methyl sites for hydroxylation is 1. The van der Waals surface area contributed by atoms with E-state index in [1.807, 2.05) is 31.2 Å². The number of alkyl halides is 3. The summed E-state index contributed by atoms with van der Waals surface area (Å²) in [6.07, 6.45) is -4.37. The molecule has 0 bridgehead atoms. The van der Waals surface area contributed by atoms with Crippen molar-refractivity contribution in [3.8, 4) is 0 Å². The highest BCUT2D eigenvalue weighted by Gasteiger charge is 2.32. The van der Waals surface area contributed by atoms with Crippen LogP contribution in [0.5, 0.6) is 0 Å². The molecule has 1 aliphatic rings. The Balaban J connectivity index is 1.63. The predicted octanol–water partition coefficient (Wildman–Crippen LogP) is 5.03. The van der Waals surface area contributed by atoms with Crippen LogP contribution >= 0.6 is 23.5 Å². The van der Waals surface area contributed by atoms with Gasteiger partial charge in [0.15, 0.2) is 5.17 Å². The van der Waals surface area contributed by atoms with Crippen molar-refractivity contribution < 1.29 is 18.0 Å². The van der Waals surface area contributed by atoms with Crippen LogP contribution < -0.4 is 5.32 Å². The number of halogens is 3. The molecule has 1 unspecified atom stereocenters. The fourth-order valence-corrected chi connectivity index (χ4v) is 4.35. The predicted molar refractivity (Wildman–Crippen MR) is 100.0 cm³/mol. The Morgan fingerprint density at radius 2 is 1.92 bits per heavy atom. The van der Waals surface area contributed by atoms with Gasteiger partial charge >= 0.3 is 6.18 Å². The molecule has 1 aliphatic heterocycles. The van der Waals surface area contributed by atoms with Crippen LogP contribution in [-0.4, -0.2) is 22.1 Å². The molecule has 26 heavy (non-hydrogen) atoms. The second kappa shape index (κ2) is 7.75. The maximum atomic E-state index is 12.8. The van der Waals surface area contributed by atoms with Crippen LogP contribution in [0.3, 0.4) is 0 Å². The van der Waals surface area contributed by atoms with Crippen molar-refractivity contribution in [2.75, 3.05) is 5.75 Å². The fraction of sp³-hybridized carbons (Fsp3) is 0.222. The van der Waals surface area contributed by atoms with E-state index < -0.39 is 17.0 Å². The number of thioether (sulfide) groups is 2. The van der Waals surface area contributed by atoms with Gasteiger partial charge in [-0.2, -0.15) is 13.2 Å². The molecule has 0 aromatic heterocycles. The molecule has 3 nitrogen and oxygen atoms in total. The number of carbonyl (C=O) groups excluding carboxylic acids is 1. The number of amides is 1. The number of aliphatic imine (C=N–C) groups is 1. The van der Waals surface area contributed by atoms with Crippen LogP contribution in [0.1, 0.15) is 11.1 Å². The summed E-state index contributed by atoms with van der Waals surface area (Å²) in [5.41, 5.74) is 1.17. The molecular formula is C18H15F3N2OS2. The van der Waals surface area contributed by atoms with Crippen molar-refractivity contribution >= 4 is 40.3 Å². The summed E-state index contributed by atoms with van der Waals surface area (Å²) in [6, 6.07) is 12.7. The van der Waals surface area contributed by atoms with E-state index in [9.17, 15) is 18.0 Å². The Kier molecular flexibility index (Phi) is 5.62. The van der Waals surface area contributed by atoms with Crippen LogP contribution in [0.2, 0.25) is 0 Å². The van der Waals surface area contributed by atoms with E-state index in [1.54, 1.807) is 6.07 Å². The molecule has 1 heterocycles. The molecule has 0 radical (unpaired) electrons. The monoisotopic (exact) mass is 396 g/mol. The smallest absolute Gasteiger partial charge is 0.304 e. The van der Waals surface area contributed by atoms with E-state index >= 15 is 0 Å². The Labute approximate surface area is 157 Å². The lowest BCUT2D eigenvalue weighted by molar-refractivity contribution is -0.137. The number of amidine groups is 1. The molecule has 136 valence electrons. The summed E-state index contributed by atoms with van der Waals surface area (Å²) in [7, 11) is 0. The highest BCUT2D eigenvalue weighted by Crippen LogP contribution is 2.33. The van der Waals surface area contributed by atoms with Gasteiger partial charge in [0.2, 0.25) is 5.91 Å². The number of nitrogens with one attached hydrogen (secondary N) is 1. The van der Waals surface area contributed by atoms with E-state index in [4.69, 9.17) is 0 Å². The second-order valence-corrected chi connectivity index (χ2v) is 7.97. The van der Waals surface area contributed by atoms with Crippen LogP contribution in [0.25, 0.3) is 0 Å². The van der Waals surface area contributed by atoms with Crippen molar-refractivity contribution in [3.05, 3.63) is 59.7 Å². The lowest BCUT2D eigenvalue weighted by atomic mass is 10.2. The molecule has 1 saturated heterocycles. The Hall–Kier alpha value is -1.93. The average molecular weight is 396 g/mol. The second-order valence-electron chi connectivity index (χ2n) is 5.68. The number of benzene rings is 2. The summed E-state index contributed by atoms with van der Waals surface area (Å²) in [4.78, 5) is 16.9. The fourth-order valence-electron chi connectivity index (χ4n) is 2.24. The highest BCUT2D eigenvalue weighted by molar-refractivity contribution is 8.16. The number of rotatable bonds is 4. The van der Waals surface area contributed by atoms with Gasteiger partial charge in [0.25, 0.3) is 0 Å². The first-order chi connectivity index (χ1) is 12.3. The molecular weight excluding hydrogens is 381 g/mol. The first-order valence-electron chi connectivity index (χ1n) is 7.74. The van der Waals surface area contributed by atoms with E-state index in [0.29, 0.717) is 15.8 Å². The molecule has 2 aromatic carbocycles. The molecule has 2 aromatic rings. The summed E-state index contributed by atoms with van der Waals surface area (Å²) in [6.45, 7) is 1.98. The molecule has 1 atom stereocenters. The third-order valence-electron chi connectivity index (χ3n) is 3.60. The molecule has 0 saturated carbocycles. The van der Waals surface area contributed by atoms with Crippen LogP contribution in [0.4, 0.5) is 18.9 Å². The summed E-state index contributed by atoms with van der Waals surface area (Å²) >= 11 is 2.52. The highest BCUT2D eigenvalue weighted by atomic mass is 32.2. The van der Waals surface area contributed by atoms with Crippen molar-refractivity contribution in [3.63, 3.8) is 0 Å². The Morgan fingerprint density at radius 1 is 1.19 bits per heavy atom. The quantitative estimate of drug-likeness (QED) is 0.738. The normalized spacial score (nSPS) is 19.0. The van der Waals surface area contributed by atoms with Gasteiger partial charge in [0.05, 0.1) is 11.3 Å². The van der Waals surface area contributed by atoms with Crippen LogP contribution in [-0.2, 0) is 11.0 Å². The molecule has 3 rings (SSSR count). The standard InChI is InChI=1S/C18H15F3N2OS2/c1-11-5-7-13(8-6-11)22-17-23-16(24)15(26-17)10-25-14-4-2-3-12(9-14)18(19,20)21/h2-9,15H,10H2,1H3,(H,22,23,24). The SMILES string of the molecule is Cc1ccc(N=C2NC(=O)C(CSc3cccc(C(F)(F)F)c3)S2)cc1. The topological polar surface area (TPSA) is 41.5 Å². The van der Waals surface area contributed by atoms with E-state index in [-0.39, 0.29) is 5.91 Å². The minimum absolute atomic E-state index is 0.180. The Morgan fingerprint density at radius 3 is 2.62 bits per heavy atom. The lowest BCUT2D eigenvalue weighted by Crippen LogP contribution is -2.25. The summed E-state index contributed by atoms with van der Waals surface area (Å²) in [5, 5.41) is 2.84. The van der Waals surface area contributed by atoms with Crippen molar-refractivity contribution in [1.29, 1.82) is 0 Å². The lowest BCUT2D eigenvalue weighted by Gasteiger charge is -2.09. The van der Waals surface area contributed by atoms with Gasteiger partial charge in [0, 0.05) is 10.6 Å². The summed E-state index contributed by atoms with van der Waals surface area (Å²) in [5.74, 6) is 0.186. The minimum Gasteiger partial charge on any atom is -0.304 e. The van der Waals surface area contributed by atoms with Crippen molar-refractivity contribution in [2.24, 2.45) is 4.99 Å². The molecule has 0 spiro atoms. The molecule has 0 aliphatic carbocycles. The third kappa shape index (κ3) is 4.82. The molecule has 1 amide bonds. The minimum atomic E-state index is -4.37. The maximum Gasteiger partial charge on any atom is 0.416 e. The van der Waals surface area contributed by atoms with Gasteiger partial charge < -0.3 is 5.32 Å². The average Bonchev–Trinajstić information content (AvgIpc) is 2.94. The zero-order valence-corrected chi connectivity index (χ0v) is 15.3. The number of carbonyl (C=O) groups is 1. The van der Waals surface area contributed by atoms with E-state index in [0.717, 1.165) is 23.4 Å². The largest absolute Gasteiger partial charge is 0.416 e. The maximum absolute atomic E-state index is 12.8. The zero-order chi connectivity index (χ0) is 18.7. The van der Waals surface area contributed by atoms with Gasteiger partial charge in [-0.3, -0.25) is 4.79 Å². The van der Waals surface area contributed by atoms with Gasteiger partial charge in [-0.15, -0.1) is 11.8 Å². The Bertz CT molecular complexity index is 835. The third-order valence-corrected chi connectivity index (χ3v) is 5.98. The summed E-state index contributed by atoms with van der Waals surface area (Å²) < 4.78 is 38.3. The van der Waals surface area contributed by atoms with Gasteiger partial charge in [-0.25, -0.2) is 4.99 Å². The van der Waals surface area contributed by atoms with Gasteiger partial charge in [-0.1, -0.05) is 35.5 Å². The van der Waals surface area contributed by atoms with Gasteiger partial charge in [0.1, 0.15) is 5.25 Å². The van der Waals surface area contributed by atoms with Crippen molar-refractivity contribution in [1.82, 2.24) is 5.32 Å². The molecule has 1 fully saturated rings. The number of hydrogen-bond acceptors (Lipinski definition) is 4. The molecule has 1 N–H and O–H groups in total. The zero-order valence-electron chi connectivity index (χ0n) is 13.7. The number of hydrogen-bond donors (Lipinski definition) is 1. The first kappa shape index (κ1) is 18.8. The van der Waals surface area contributed by atoms with E-state index in [1.165, 1.54) is 29.6 Å². The molecule has 8 heteroatoms. The first-order valence-corrected chi connectivity index (χ1v) is 9.61. The van der Waals surface area contributed by atoms with Crippen LogP contribution in [0.15, 0.2) is 58.4 Å².